The predicted molar refractivity (Wildman–Crippen MR) is 101 cm³/mol. The number of nitrogens with one attached hydrogen (secondary N) is 2. The third-order valence-corrected chi connectivity index (χ3v) is 4.56. The van der Waals surface area contributed by atoms with Gasteiger partial charge in [0, 0.05) is 31.6 Å². The van der Waals surface area contributed by atoms with E-state index in [4.69, 9.17) is 11.6 Å². The molecule has 3 amide bonds. The quantitative estimate of drug-likeness (QED) is 0.813. The van der Waals surface area contributed by atoms with Crippen LogP contribution in [0.5, 0.6) is 0 Å². The van der Waals surface area contributed by atoms with E-state index in [0.717, 1.165) is 11.0 Å². The fraction of sp³-hybridized carbons (Fsp3) is 0.211. The van der Waals surface area contributed by atoms with Crippen LogP contribution in [0.3, 0.4) is 0 Å². The van der Waals surface area contributed by atoms with Crippen molar-refractivity contribution in [1.29, 1.82) is 0 Å². The van der Waals surface area contributed by atoms with Gasteiger partial charge in [0.2, 0.25) is 17.7 Å². The van der Waals surface area contributed by atoms with Crippen molar-refractivity contribution in [3.8, 4) is 0 Å². The highest BCUT2D eigenvalue weighted by molar-refractivity contribution is 6.34. The van der Waals surface area contributed by atoms with Crippen LogP contribution in [0.25, 0.3) is 0 Å². The van der Waals surface area contributed by atoms with Crippen LogP contribution in [-0.4, -0.2) is 24.3 Å². The first kappa shape index (κ1) is 19.8. The molecule has 1 fully saturated rings. The van der Waals surface area contributed by atoms with Crippen LogP contribution in [0.4, 0.5) is 25.8 Å². The van der Waals surface area contributed by atoms with Gasteiger partial charge in [0.15, 0.2) is 0 Å². The molecule has 0 spiro atoms. The van der Waals surface area contributed by atoms with E-state index in [-0.39, 0.29) is 29.6 Å². The van der Waals surface area contributed by atoms with Crippen LogP contribution in [-0.2, 0) is 14.4 Å². The van der Waals surface area contributed by atoms with Crippen molar-refractivity contribution in [2.75, 3.05) is 22.1 Å². The number of nitrogens with zero attached hydrogens (tertiary/aromatic N) is 1. The zero-order valence-corrected chi connectivity index (χ0v) is 15.5. The monoisotopic (exact) mass is 407 g/mol. The maximum atomic E-state index is 13.9. The molecule has 2 N–H and O–H groups in total. The molecule has 1 atom stereocenters. The Labute approximate surface area is 164 Å². The Morgan fingerprint density at radius 2 is 1.89 bits per heavy atom. The van der Waals surface area contributed by atoms with Gasteiger partial charge in [0.05, 0.1) is 22.3 Å². The van der Waals surface area contributed by atoms with E-state index in [0.29, 0.717) is 17.4 Å². The lowest BCUT2D eigenvalue weighted by Crippen LogP contribution is -2.28. The number of rotatable bonds is 4. The fourth-order valence-electron chi connectivity index (χ4n) is 2.95. The minimum absolute atomic E-state index is 0.0329. The van der Waals surface area contributed by atoms with E-state index in [9.17, 15) is 23.2 Å². The van der Waals surface area contributed by atoms with Gasteiger partial charge in [0.25, 0.3) is 0 Å². The second-order valence-corrected chi connectivity index (χ2v) is 6.77. The molecule has 1 aliphatic heterocycles. The molecule has 1 heterocycles. The SMILES string of the molecule is CC(=O)Nc1ccc(NC(=O)C2CC(=O)N(c3ccc(F)cc3F)C2)c(Cl)c1. The lowest BCUT2D eigenvalue weighted by Gasteiger charge is -2.17. The van der Waals surface area contributed by atoms with E-state index < -0.39 is 29.4 Å². The van der Waals surface area contributed by atoms with E-state index >= 15 is 0 Å². The molecule has 146 valence electrons. The summed E-state index contributed by atoms with van der Waals surface area (Å²) in [6.45, 7) is 1.32. The predicted octanol–water partition coefficient (Wildman–Crippen LogP) is 3.57. The lowest BCUT2D eigenvalue weighted by atomic mass is 10.1. The Morgan fingerprint density at radius 1 is 1.14 bits per heavy atom. The van der Waals surface area contributed by atoms with Gasteiger partial charge in [-0.25, -0.2) is 8.78 Å². The number of carbonyl (C=O) groups is 3. The van der Waals surface area contributed by atoms with Gasteiger partial charge in [-0.2, -0.15) is 0 Å². The van der Waals surface area contributed by atoms with Gasteiger partial charge in [0.1, 0.15) is 11.6 Å². The summed E-state index contributed by atoms with van der Waals surface area (Å²) in [5, 5.41) is 5.42. The molecule has 6 nitrogen and oxygen atoms in total. The van der Waals surface area contributed by atoms with Crippen molar-refractivity contribution in [2.45, 2.75) is 13.3 Å². The molecule has 0 saturated carbocycles. The summed E-state index contributed by atoms with van der Waals surface area (Å²) in [6.07, 6.45) is -0.107. The minimum Gasteiger partial charge on any atom is -0.326 e. The fourth-order valence-corrected chi connectivity index (χ4v) is 3.18. The third-order valence-electron chi connectivity index (χ3n) is 4.24. The summed E-state index contributed by atoms with van der Waals surface area (Å²) in [6, 6.07) is 7.49. The number of hydrogen-bond acceptors (Lipinski definition) is 3. The minimum atomic E-state index is -0.869. The number of hydrogen-bond donors (Lipinski definition) is 2. The van der Waals surface area contributed by atoms with Crippen LogP contribution in [0.15, 0.2) is 36.4 Å². The summed E-state index contributed by atoms with van der Waals surface area (Å²) >= 11 is 6.12. The molecule has 1 unspecified atom stereocenters. The van der Waals surface area contributed by atoms with Crippen molar-refractivity contribution in [3.05, 3.63) is 53.1 Å². The molecule has 2 aromatic carbocycles. The van der Waals surface area contributed by atoms with Crippen molar-refractivity contribution in [1.82, 2.24) is 0 Å². The summed E-state index contributed by atoms with van der Waals surface area (Å²) in [4.78, 5) is 36.9. The molecule has 0 radical (unpaired) electrons. The highest BCUT2D eigenvalue weighted by atomic mass is 35.5. The molecule has 9 heteroatoms. The highest BCUT2D eigenvalue weighted by Crippen LogP contribution is 2.30. The van der Waals surface area contributed by atoms with Crippen molar-refractivity contribution in [2.24, 2.45) is 5.92 Å². The number of amides is 3. The molecular weight excluding hydrogens is 392 g/mol. The van der Waals surface area contributed by atoms with E-state index in [2.05, 4.69) is 10.6 Å². The normalized spacial score (nSPS) is 16.2. The molecular formula is C19H16ClF2N3O3. The number of benzene rings is 2. The first-order valence-electron chi connectivity index (χ1n) is 8.38. The number of carbonyl (C=O) groups excluding carboxylic acids is 3. The van der Waals surface area contributed by atoms with Gasteiger partial charge < -0.3 is 15.5 Å². The summed E-state index contributed by atoms with van der Waals surface area (Å²) in [5.74, 6) is -3.48. The first-order chi connectivity index (χ1) is 13.2. The van der Waals surface area contributed by atoms with Crippen molar-refractivity contribution in [3.63, 3.8) is 0 Å². The zero-order valence-electron chi connectivity index (χ0n) is 14.8. The van der Waals surface area contributed by atoms with Gasteiger partial charge in [-0.3, -0.25) is 14.4 Å². The van der Waals surface area contributed by atoms with Gasteiger partial charge in [-0.1, -0.05) is 11.6 Å². The maximum Gasteiger partial charge on any atom is 0.229 e. The third kappa shape index (κ3) is 4.28. The highest BCUT2D eigenvalue weighted by Gasteiger charge is 2.36. The van der Waals surface area contributed by atoms with Gasteiger partial charge in [-0.15, -0.1) is 0 Å². The topological polar surface area (TPSA) is 78.5 Å². The van der Waals surface area contributed by atoms with Crippen LogP contribution in [0, 0.1) is 17.6 Å². The molecule has 28 heavy (non-hydrogen) atoms. The smallest absolute Gasteiger partial charge is 0.229 e. The number of anilines is 3. The average Bonchev–Trinajstić information content (AvgIpc) is 2.98. The van der Waals surface area contributed by atoms with E-state index in [1.54, 1.807) is 6.07 Å². The summed E-state index contributed by atoms with van der Waals surface area (Å²) < 4.78 is 27.0. The Hall–Kier alpha value is -3.00. The van der Waals surface area contributed by atoms with Crippen molar-refractivity contribution >= 4 is 46.4 Å². The van der Waals surface area contributed by atoms with Crippen LogP contribution in [0.2, 0.25) is 5.02 Å². The maximum absolute atomic E-state index is 13.9. The average molecular weight is 408 g/mol. The Morgan fingerprint density at radius 3 is 2.54 bits per heavy atom. The number of halogens is 3. The first-order valence-corrected chi connectivity index (χ1v) is 8.76. The molecule has 0 bridgehead atoms. The lowest BCUT2D eigenvalue weighted by molar-refractivity contribution is -0.122. The standard InChI is InChI=1S/C19H16ClF2N3O3/c1-10(26)23-13-3-4-16(14(20)8-13)24-19(28)11-6-18(27)25(9-11)17-5-2-12(21)7-15(17)22/h2-5,7-8,11H,6,9H2,1H3,(H,23,26)(H,24,28). The molecule has 2 aromatic rings. The molecule has 1 saturated heterocycles. The van der Waals surface area contributed by atoms with Crippen LogP contribution in [0.1, 0.15) is 13.3 Å². The molecule has 0 aromatic heterocycles. The van der Waals surface area contributed by atoms with Gasteiger partial charge >= 0.3 is 0 Å². The summed E-state index contributed by atoms with van der Waals surface area (Å²) in [5.41, 5.74) is 0.725. The second-order valence-electron chi connectivity index (χ2n) is 6.37. The Balaban J connectivity index is 1.70. The molecule has 0 aliphatic carbocycles. The molecule has 1 aliphatic rings. The van der Waals surface area contributed by atoms with Gasteiger partial charge in [-0.05, 0) is 30.3 Å². The summed E-state index contributed by atoms with van der Waals surface area (Å²) in [7, 11) is 0. The van der Waals surface area contributed by atoms with E-state index in [1.807, 2.05) is 0 Å². The van der Waals surface area contributed by atoms with E-state index in [1.165, 1.54) is 25.1 Å². The largest absolute Gasteiger partial charge is 0.326 e. The van der Waals surface area contributed by atoms with Crippen LogP contribution < -0.4 is 15.5 Å². The Kier molecular flexibility index (Phi) is 5.60. The van der Waals surface area contributed by atoms with Crippen molar-refractivity contribution < 1.29 is 23.2 Å². The van der Waals surface area contributed by atoms with Crippen LogP contribution >= 0.6 is 11.6 Å². The Bertz CT molecular complexity index is 967. The second kappa shape index (κ2) is 7.93. The zero-order chi connectivity index (χ0) is 20.4. The molecule has 3 rings (SSSR count).